The van der Waals surface area contributed by atoms with Gasteiger partial charge in [0.05, 0.1) is 6.10 Å². The molecule has 2 heterocycles. The van der Waals surface area contributed by atoms with Crippen LogP contribution in [0.5, 0.6) is 5.75 Å². The van der Waals surface area contributed by atoms with Crippen molar-refractivity contribution in [2.45, 2.75) is 51.6 Å². The summed E-state index contributed by atoms with van der Waals surface area (Å²) in [4.78, 5) is 26.7. The Hall–Kier alpha value is -2.34. The summed E-state index contributed by atoms with van der Waals surface area (Å²) < 4.78 is 16.8. The molecule has 0 N–H and O–H groups in total. The lowest BCUT2D eigenvalue weighted by Gasteiger charge is -2.31. The Morgan fingerprint density at radius 3 is 2.61 bits per heavy atom. The summed E-state index contributed by atoms with van der Waals surface area (Å²) in [5, 5.41) is 0.993. The minimum Gasteiger partial charge on any atom is -0.483 e. The number of aryl methyl sites for hydroxylation is 2. The molecule has 0 saturated carbocycles. The number of carbonyl (C=O) groups excluding carboxylic acids is 1. The standard InChI is InChI=1S/C22H27NO5/c1-14-19(27-13-20(24)23-11-9-15(26-2)10-12-23)8-7-17-16-5-3-4-6-18(16)22(25)28-21(14)17/h7-8,15H,3-6,9-13H2,1-2H3. The molecule has 0 radical (unpaired) electrons. The van der Waals surface area contributed by atoms with Gasteiger partial charge in [0.25, 0.3) is 5.91 Å². The molecule has 6 heteroatoms. The lowest BCUT2D eigenvalue weighted by atomic mass is 9.90. The van der Waals surface area contributed by atoms with Gasteiger partial charge in [0.1, 0.15) is 11.3 Å². The fourth-order valence-corrected chi connectivity index (χ4v) is 4.35. The predicted octanol–water partition coefficient (Wildman–Crippen LogP) is 3.00. The zero-order valence-corrected chi connectivity index (χ0v) is 16.6. The number of carbonyl (C=O) groups is 1. The minimum atomic E-state index is -0.237. The first-order chi connectivity index (χ1) is 13.6. The van der Waals surface area contributed by atoms with Gasteiger partial charge in [-0.15, -0.1) is 0 Å². The van der Waals surface area contributed by atoms with Crippen LogP contribution < -0.4 is 10.4 Å². The Morgan fingerprint density at radius 2 is 1.89 bits per heavy atom. The van der Waals surface area contributed by atoms with Crippen LogP contribution >= 0.6 is 0 Å². The zero-order valence-electron chi connectivity index (χ0n) is 16.6. The van der Waals surface area contributed by atoms with Gasteiger partial charge in [0, 0.05) is 36.7 Å². The van der Waals surface area contributed by atoms with Gasteiger partial charge in [-0.1, -0.05) is 0 Å². The molecule has 2 aliphatic rings. The molecule has 4 rings (SSSR count). The van der Waals surface area contributed by atoms with E-state index in [0.29, 0.717) is 24.4 Å². The SMILES string of the molecule is COC1CCN(C(=O)COc2ccc3c4c(c(=O)oc3c2C)CCCC4)CC1. The first-order valence-electron chi connectivity index (χ1n) is 10.1. The van der Waals surface area contributed by atoms with Gasteiger partial charge in [-0.05, 0) is 63.1 Å². The highest BCUT2D eigenvalue weighted by molar-refractivity contribution is 5.86. The number of likely N-dealkylation sites (tertiary alicyclic amines) is 1. The summed E-state index contributed by atoms with van der Waals surface area (Å²) in [5.74, 6) is 0.562. The molecular formula is C22H27NO5. The molecule has 1 aliphatic heterocycles. The second kappa shape index (κ2) is 7.95. The number of hydrogen-bond donors (Lipinski definition) is 0. The molecule has 6 nitrogen and oxygen atoms in total. The number of piperidine rings is 1. The van der Waals surface area contributed by atoms with Gasteiger partial charge >= 0.3 is 5.63 Å². The van der Waals surface area contributed by atoms with Crippen molar-refractivity contribution < 1.29 is 18.7 Å². The fraction of sp³-hybridized carbons (Fsp3) is 0.545. The van der Waals surface area contributed by atoms with Crippen molar-refractivity contribution in [2.75, 3.05) is 26.8 Å². The van der Waals surface area contributed by atoms with Crippen LogP contribution in [0.4, 0.5) is 0 Å². The molecule has 1 fully saturated rings. The smallest absolute Gasteiger partial charge is 0.339 e. The van der Waals surface area contributed by atoms with Gasteiger partial charge in [-0.2, -0.15) is 0 Å². The molecule has 150 valence electrons. The van der Waals surface area contributed by atoms with Crippen molar-refractivity contribution in [2.24, 2.45) is 0 Å². The highest BCUT2D eigenvalue weighted by Gasteiger charge is 2.24. The third-order valence-electron chi connectivity index (χ3n) is 6.07. The maximum atomic E-state index is 12.5. The second-order valence-electron chi connectivity index (χ2n) is 7.72. The Kier molecular flexibility index (Phi) is 5.40. The van der Waals surface area contributed by atoms with Crippen LogP contribution in [0, 0.1) is 6.92 Å². The summed E-state index contributed by atoms with van der Waals surface area (Å²) in [5.41, 5.74) is 3.05. The average Bonchev–Trinajstić information content (AvgIpc) is 2.74. The number of ether oxygens (including phenoxy) is 2. The van der Waals surface area contributed by atoms with Crippen molar-refractivity contribution in [3.05, 3.63) is 39.2 Å². The number of benzene rings is 1. The molecule has 0 spiro atoms. The average molecular weight is 385 g/mol. The van der Waals surface area contributed by atoms with Crippen LogP contribution in [0.3, 0.4) is 0 Å². The third-order valence-corrected chi connectivity index (χ3v) is 6.07. The summed E-state index contributed by atoms with van der Waals surface area (Å²) in [6, 6.07) is 3.84. The molecule has 0 bridgehead atoms. The number of fused-ring (bicyclic) bond motifs is 3. The van der Waals surface area contributed by atoms with E-state index < -0.39 is 0 Å². The summed E-state index contributed by atoms with van der Waals surface area (Å²) in [6.07, 6.45) is 5.78. The Balaban J connectivity index is 1.51. The van der Waals surface area contributed by atoms with Crippen LogP contribution in [-0.2, 0) is 22.4 Å². The van der Waals surface area contributed by atoms with Crippen LogP contribution in [0.2, 0.25) is 0 Å². The van der Waals surface area contributed by atoms with Crippen molar-refractivity contribution in [3.63, 3.8) is 0 Å². The summed E-state index contributed by atoms with van der Waals surface area (Å²) in [6.45, 7) is 3.25. The number of amides is 1. The molecule has 28 heavy (non-hydrogen) atoms. The van der Waals surface area contributed by atoms with E-state index in [4.69, 9.17) is 13.9 Å². The Bertz CT molecular complexity index is 940. The molecule has 0 atom stereocenters. The molecule has 1 aromatic carbocycles. The monoisotopic (exact) mass is 385 g/mol. The molecular weight excluding hydrogens is 358 g/mol. The number of nitrogens with zero attached hydrogens (tertiary/aromatic N) is 1. The highest BCUT2D eigenvalue weighted by atomic mass is 16.5. The normalized spacial score (nSPS) is 17.6. The van der Waals surface area contributed by atoms with E-state index in [2.05, 4.69) is 0 Å². The van der Waals surface area contributed by atoms with Crippen LogP contribution in [0.15, 0.2) is 21.3 Å². The van der Waals surface area contributed by atoms with Crippen LogP contribution in [0.1, 0.15) is 42.4 Å². The van der Waals surface area contributed by atoms with Crippen molar-refractivity contribution >= 4 is 16.9 Å². The van der Waals surface area contributed by atoms with E-state index in [1.54, 1.807) is 7.11 Å². The van der Waals surface area contributed by atoms with Gasteiger partial charge in [-0.25, -0.2) is 4.79 Å². The molecule has 2 aromatic rings. The second-order valence-corrected chi connectivity index (χ2v) is 7.72. The van der Waals surface area contributed by atoms with Crippen molar-refractivity contribution in [3.8, 4) is 5.75 Å². The molecule has 1 aliphatic carbocycles. The summed E-state index contributed by atoms with van der Waals surface area (Å²) in [7, 11) is 1.71. The van der Waals surface area contributed by atoms with E-state index in [9.17, 15) is 9.59 Å². The lowest BCUT2D eigenvalue weighted by molar-refractivity contribution is -0.135. The molecule has 0 unspecified atom stereocenters. The Morgan fingerprint density at radius 1 is 1.18 bits per heavy atom. The molecule has 1 aromatic heterocycles. The molecule has 1 saturated heterocycles. The maximum Gasteiger partial charge on any atom is 0.339 e. The van der Waals surface area contributed by atoms with E-state index in [1.165, 1.54) is 0 Å². The van der Waals surface area contributed by atoms with Crippen molar-refractivity contribution in [1.29, 1.82) is 0 Å². The van der Waals surface area contributed by atoms with E-state index in [0.717, 1.165) is 60.6 Å². The quantitative estimate of drug-likeness (QED) is 0.757. The fourth-order valence-electron chi connectivity index (χ4n) is 4.35. The van der Waals surface area contributed by atoms with Gasteiger partial charge in [0.15, 0.2) is 6.61 Å². The van der Waals surface area contributed by atoms with E-state index in [-0.39, 0.29) is 24.2 Å². The third kappa shape index (κ3) is 3.53. The topological polar surface area (TPSA) is 69.0 Å². The van der Waals surface area contributed by atoms with Gasteiger partial charge in [-0.3, -0.25) is 4.79 Å². The lowest BCUT2D eigenvalue weighted by Crippen LogP contribution is -2.42. The zero-order chi connectivity index (χ0) is 19.7. The maximum absolute atomic E-state index is 12.5. The van der Waals surface area contributed by atoms with Crippen LogP contribution in [0.25, 0.3) is 11.0 Å². The van der Waals surface area contributed by atoms with Gasteiger partial charge < -0.3 is 18.8 Å². The highest BCUT2D eigenvalue weighted by Crippen LogP contribution is 2.32. The Labute approximate surface area is 164 Å². The predicted molar refractivity (Wildman–Crippen MR) is 106 cm³/mol. The van der Waals surface area contributed by atoms with Crippen molar-refractivity contribution in [1.82, 2.24) is 4.90 Å². The summed E-state index contributed by atoms with van der Waals surface area (Å²) >= 11 is 0. The number of hydrogen-bond acceptors (Lipinski definition) is 5. The van der Waals surface area contributed by atoms with E-state index >= 15 is 0 Å². The largest absolute Gasteiger partial charge is 0.483 e. The first kappa shape index (κ1) is 19.0. The number of methoxy groups -OCH3 is 1. The number of rotatable bonds is 4. The minimum absolute atomic E-state index is 0.0147. The van der Waals surface area contributed by atoms with Gasteiger partial charge in [0.2, 0.25) is 0 Å². The first-order valence-corrected chi connectivity index (χ1v) is 10.1. The molecule has 1 amide bonds. The van der Waals surface area contributed by atoms with E-state index in [1.807, 2.05) is 24.0 Å². The van der Waals surface area contributed by atoms with Crippen LogP contribution in [-0.4, -0.2) is 43.7 Å².